The predicted octanol–water partition coefficient (Wildman–Crippen LogP) is 10.6. The van der Waals surface area contributed by atoms with Gasteiger partial charge in [0.25, 0.3) is 0 Å². The normalized spacial score (nSPS) is 13.1. The number of hydrogen-bond acceptors (Lipinski definition) is 5. The fourth-order valence-corrected chi connectivity index (χ4v) is 4.40. The van der Waals surface area contributed by atoms with Crippen LogP contribution in [0.5, 0.6) is 0 Å². The Balaban J connectivity index is 3.66. The predicted molar refractivity (Wildman–Crippen MR) is 186 cm³/mol. The van der Waals surface area contributed by atoms with Gasteiger partial charge < -0.3 is 14.6 Å². The Hall–Kier alpha value is -2.66. The highest BCUT2D eigenvalue weighted by Crippen LogP contribution is 2.11. The van der Waals surface area contributed by atoms with Crippen LogP contribution in [0.15, 0.2) is 72.9 Å². The average molecular weight is 613 g/mol. The highest BCUT2D eigenvalue weighted by atomic mass is 16.6. The molecule has 0 aromatic rings. The van der Waals surface area contributed by atoms with Gasteiger partial charge >= 0.3 is 11.9 Å². The van der Waals surface area contributed by atoms with Crippen LogP contribution in [-0.2, 0) is 19.1 Å². The molecule has 0 aromatic heterocycles. The zero-order valence-corrected chi connectivity index (χ0v) is 28.1. The number of ether oxygens (including phenoxy) is 2. The first-order chi connectivity index (χ1) is 21.6. The third-order valence-corrected chi connectivity index (χ3v) is 7.00. The zero-order valence-electron chi connectivity index (χ0n) is 28.1. The Kier molecular flexibility index (Phi) is 32.7. The lowest BCUT2D eigenvalue weighted by Crippen LogP contribution is -2.28. The van der Waals surface area contributed by atoms with Crippen molar-refractivity contribution < 1.29 is 24.2 Å². The number of rotatable bonds is 30. The van der Waals surface area contributed by atoms with E-state index in [2.05, 4.69) is 86.8 Å². The van der Waals surface area contributed by atoms with Gasteiger partial charge in [-0.2, -0.15) is 0 Å². The summed E-state index contributed by atoms with van der Waals surface area (Å²) in [5.74, 6) is -0.646. The first kappa shape index (κ1) is 41.3. The summed E-state index contributed by atoms with van der Waals surface area (Å²) in [4.78, 5) is 24.1. The van der Waals surface area contributed by atoms with Gasteiger partial charge in [-0.25, -0.2) is 0 Å². The summed E-state index contributed by atoms with van der Waals surface area (Å²) < 4.78 is 10.5. The Bertz CT molecular complexity index is 833. The molecule has 250 valence electrons. The molecule has 0 spiro atoms. The standard InChI is InChI=1S/C39H64O5/c1-3-5-7-9-11-13-15-17-18-19-20-22-24-26-28-30-32-34-39(42)44-37(35-40)36-43-38(41)33-31-29-27-25-23-21-16-14-12-10-8-6-4-2/h5-8,11-14,17-18,21,23,37,40H,3-4,9-10,15-16,19-20,22,24-36H2,1-2H3/b7-5-,8-6-,13-11-,14-12-,18-17-,23-21-. The molecule has 0 saturated carbocycles. The molecule has 0 aliphatic heterocycles. The zero-order chi connectivity index (χ0) is 32.2. The topological polar surface area (TPSA) is 72.8 Å². The van der Waals surface area contributed by atoms with Gasteiger partial charge in [0.2, 0.25) is 0 Å². The van der Waals surface area contributed by atoms with Gasteiger partial charge in [-0.15, -0.1) is 0 Å². The number of unbranched alkanes of at least 4 members (excludes halogenated alkanes) is 10. The molecule has 1 unspecified atom stereocenters. The second kappa shape index (κ2) is 34.8. The minimum absolute atomic E-state index is 0.0892. The molecule has 0 heterocycles. The molecule has 0 radical (unpaired) electrons. The molecule has 1 atom stereocenters. The third-order valence-electron chi connectivity index (χ3n) is 7.00. The highest BCUT2D eigenvalue weighted by Gasteiger charge is 2.16. The maximum atomic E-state index is 12.1. The summed E-state index contributed by atoms with van der Waals surface area (Å²) in [6.45, 7) is 3.85. The largest absolute Gasteiger partial charge is 0.462 e. The smallest absolute Gasteiger partial charge is 0.306 e. The van der Waals surface area contributed by atoms with Crippen molar-refractivity contribution in [3.8, 4) is 0 Å². The van der Waals surface area contributed by atoms with Crippen molar-refractivity contribution >= 4 is 11.9 Å². The molecule has 0 bridgehead atoms. The maximum absolute atomic E-state index is 12.1. The van der Waals surface area contributed by atoms with E-state index in [1.54, 1.807) is 0 Å². The lowest BCUT2D eigenvalue weighted by atomic mass is 10.1. The summed E-state index contributed by atoms with van der Waals surface area (Å²) >= 11 is 0. The third kappa shape index (κ3) is 32.3. The summed E-state index contributed by atoms with van der Waals surface area (Å²) in [5.41, 5.74) is 0. The molecule has 44 heavy (non-hydrogen) atoms. The molecule has 5 nitrogen and oxygen atoms in total. The molecule has 5 heteroatoms. The number of allylic oxidation sites excluding steroid dienone is 12. The van der Waals surface area contributed by atoms with Crippen LogP contribution in [0, 0.1) is 0 Å². The van der Waals surface area contributed by atoms with Gasteiger partial charge in [0, 0.05) is 12.8 Å². The highest BCUT2D eigenvalue weighted by molar-refractivity contribution is 5.70. The Morgan fingerprint density at radius 2 is 0.909 bits per heavy atom. The number of carbonyl (C=O) groups is 2. The molecule has 1 N–H and O–H groups in total. The van der Waals surface area contributed by atoms with Gasteiger partial charge in [0.05, 0.1) is 6.61 Å². The van der Waals surface area contributed by atoms with E-state index in [0.717, 1.165) is 89.9 Å². The number of esters is 2. The van der Waals surface area contributed by atoms with Crippen LogP contribution < -0.4 is 0 Å². The fourth-order valence-electron chi connectivity index (χ4n) is 4.40. The van der Waals surface area contributed by atoms with E-state index in [4.69, 9.17) is 9.47 Å². The Morgan fingerprint density at radius 1 is 0.523 bits per heavy atom. The monoisotopic (exact) mass is 612 g/mol. The van der Waals surface area contributed by atoms with Crippen molar-refractivity contribution in [1.82, 2.24) is 0 Å². The van der Waals surface area contributed by atoms with Crippen molar-refractivity contribution in [2.45, 2.75) is 148 Å². The molecule has 0 aliphatic rings. The maximum Gasteiger partial charge on any atom is 0.306 e. The van der Waals surface area contributed by atoms with E-state index >= 15 is 0 Å². The van der Waals surface area contributed by atoms with Gasteiger partial charge in [0.15, 0.2) is 6.10 Å². The minimum atomic E-state index is -0.790. The molecule has 0 saturated heterocycles. The molecule has 0 amide bonds. The SMILES string of the molecule is CC/C=C\C/C=C\C/C=C\CCCCCCCCCC(=O)OC(CO)COC(=O)CCCCC/C=C\C/C=C\C/C=C\CC. The summed E-state index contributed by atoms with van der Waals surface area (Å²) in [5, 5.41) is 9.52. The molecular weight excluding hydrogens is 548 g/mol. The van der Waals surface area contributed by atoms with Crippen molar-refractivity contribution in [2.24, 2.45) is 0 Å². The van der Waals surface area contributed by atoms with E-state index in [9.17, 15) is 14.7 Å². The summed E-state index contributed by atoms with van der Waals surface area (Å²) in [6, 6.07) is 0. The lowest BCUT2D eigenvalue weighted by molar-refractivity contribution is -0.161. The molecule has 0 rings (SSSR count). The van der Waals surface area contributed by atoms with Gasteiger partial charge in [-0.3, -0.25) is 9.59 Å². The van der Waals surface area contributed by atoms with E-state index < -0.39 is 6.10 Å². The molecule has 0 aliphatic carbocycles. The van der Waals surface area contributed by atoms with Crippen molar-refractivity contribution in [3.05, 3.63) is 72.9 Å². The van der Waals surface area contributed by atoms with Crippen molar-refractivity contribution in [2.75, 3.05) is 13.2 Å². The van der Waals surface area contributed by atoms with E-state index in [0.29, 0.717) is 12.8 Å². The van der Waals surface area contributed by atoms with Crippen LogP contribution in [0.1, 0.15) is 142 Å². The van der Waals surface area contributed by atoms with Crippen molar-refractivity contribution in [1.29, 1.82) is 0 Å². The number of carbonyl (C=O) groups excluding carboxylic acids is 2. The van der Waals surface area contributed by atoms with E-state index in [-0.39, 0.29) is 25.2 Å². The van der Waals surface area contributed by atoms with Gasteiger partial charge in [-0.05, 0) is 77.0 Å². The first-order valence-electron chi connectivity index (χ1n) is 17.5. The molecular formula is C39H64O5. The van der Waals surface area contributed by atoms with Crippen molar-refractivity contribution in [3.63, 3.8) is 0 Å². The van der Waals surface area contributed by atoms with Gasteiger partial charge in [0.1, 0.15) is 6.61 Å². The second-order valence-corrected chi connectivity index (χ2v) is 11.2. The number of aliphatic hydroxyl groups excluding tert-OH is 1. The van der Waals surface area contributed by atoms with Crippen LogP contribution in [-0.4, -0.2) is 36.4 Å². The van der Waals surface area contributed by atoms with Gasteiger partial charge in [-0.1, -0.05) is 125 Å². The van der Waals surface area contributed by atoms with Crippen LogP contribution >= 0.6 is 0 Å². The Morgan fingerprint density at radius 3 is 1.39 bits per heavy atom. The average Bonchev–Trinajstić information content (AvgIpc) is 3.02. The Labute approximate surface area is 270 Å². The minimum Gasteiger partial charge on any atom is -0.462 e. The summed E-state index contributed by atoms with van der Waals surface area (Å²) in [7, 11) is 0. The first-order valence-corrected chi connectivity index (χ1v) is 17.5. The lowest BCUT2D eigenvalue weighted by Gasteiger charge is -2.15. The van der Waals surface area contributed by atoms with Crippen LogP contribution in [0.4, 0.5) is 0 Å². The fraction of sp³-hybridized carbons (Fsp3) is 0.641. The van der Waals surface area contributed by atoms with Crippen LogP contribution in [0.2, 0.25) is 0 Å². The molecule has 0 fully saturated rings. The second-order valence-electron chi connectivity index (χ2n) is 11.2. The van der Waals surface area contributed by atoms with E-state index in [1.807, 2.05) is 0 Å². The number of hydrogen-bond donors (Lipinski definition) is 1. The summed E-state index contributed by atoms with van der Waals surface area (Å²) in [6.07, 6.45) is 45.3. The van der Waals surface area contributed by atoms with Crippen LogP contribution in [0.3, 0.4) is 0 Å². The quantitative estimate of drug-likeness (QED) is 0.0496. The van der Waals surface area contributed by atoms with E-state index in [1.165, 1.54) is 25.7 Å². The number of aliphatic hydroxyl groups is 1. The molecule has 0 aromatic carbocycles. The van der Waals surface area contributed by atoms with Crippen LogP contribution in [0.25, 0.3) is 0 Å².